The van der Waals surface area contributed by atoms with E-state index in [2.05, 4.69) is 20.1 Å². The average molecular weight is 408 g/mol. The number of hydrogen-bond donors (Lipinski definition) is 0. The van der Waals surface area contributed by atoms with Crippen LogP contribution in [0.3, 0.4) is 0 Å². The Balaban J connectivity index is 1.60. The highest BCUT2D eigenvalue weighted by molar-refractivity contribution is 7.88. The van der Waals surface area contributed by atoms with Gasteiger partial charge in [0.2, 0.25) is 15.9 Å². The number of amides is 1. The molecular weight excluding hydrogens is 384 g/mol. The van der Waals surface area contributed by atoms with Gasteiger partial charge in [0.25, 0.3) is 5.91 Å². The molecule has 28 heavy (non-hydrogen) atoms. The molecule has 0 aliphatic carbocycles. The zero-order valence-corrected chi connectivity index (χ0v) is 17.2. The second-order valence-electron chi connectivity index (χ2n) is 7.23. The lowest BCUT2D eigenvalue weighted by Crippen LogP contribution is -2.62. The van der Waals surface area contributed by atoms with Gasteiger partial charge in [-0.05, 0) is 6.92 Å². The van der Waals surface area contributed by atoms with Crippen molar-refractivity contribution in [1.29, 1.82) is 0 Å². The topological polar surface area (TPSA) is 122 Å². The van der Waals surface area contributed by atoms with E-state index in [9.17, 15) is 13.2 Å². The van der Waals surface area contributed by atoms with E-state index in [1.807, 2.05) is 13.8 Å². The molecule has 152 valence electrons. The first-order chi connectivity index (χ1) is 13.1. The van der Waals surface area contributed by atoms with Crippen LogP contribution in [0.1, 0.15) is 47.7 Å². The second kappa shape index (κ2) is 7.92. The molecule has 0 unspecified atom stereocenters. The van der Waals surface area contributed by atoms with Crippen LogP contribution in [-0.2, 0) is 16.4 Å². The molecule has 3 rings (SSSR count). The van der Waals surface area contributed by atoms with Crippen molar-refractivity contribution in [1.82, 2.24) is 29.3 Å². The van der Waals surface area contributed by atoms with Crippen molar-refractivity contribution in [3.05, 3.63) is 35.5 Å². The first kappa shape index (κ1) is 20.3. The predicted molar refractivity (Wildman–Crippen MR) is 100 cm³/mol. The Kier molecular flexibility index (Phi) is 5.75. The third-order valence-corrected chi connectivity index (χ3v) is 5.85. The van der Waals surface area contributed by atoms with E-state index in [-0.39, 0.29) is 30.1 Å². The van der Waals surface area contributed by atoms with Crippen LogP contribution in [-0.4, -0.2) is 75.6 Å². The van der Waals surface area contributed by atoms with Gasteiger partial charge in [-0.1, -0.05) is 19.0 Å². The van der Waals surface area contributed by atoms with E-state index >= 15 is 0 Å². The van der Waals surface area contributed by atoms with Crippen LogP contribution >= 0.6 is 0 Å². The standard InChI is InChI=1S/C17H24N6O4S/c1-11(2)16-20-15(21-27-16)5-6-23(28(4,25)26)13-9-22(10-13)17(24)14-8-18-12(3)7-19-14/h7-8,11,13H,5-6,9-10H2,1-4H3. The van der Waals surface area contributed by atoms with Gasteiger partial charge in [0.1, 0.15) is 5.69 Å². The molecule has 10 nitrogen and oxygen atoms in total. The van der Waals surface area contributed by atoms with Gasteiger partial charge in [0.05, 0.1) is 24.2 Å². The molecule has 0 spiro atoms. The van der Waals surface area contributed by atoms with E-state index in [1.165, 1.54) is 23.0 Å². The maximum atomic E-state index is 12.4. The number of carbonyl (C=O) groups excluding carboxylic acids is 1. The van der Waals surface area contributed by atoms with E-state index < -0.39 is 10.0 Å². The van der Waals surface area contributed by atoms with Gasteiger partial charge < -0.3 is 9.42 Å². The van der Waals surface area contributed by atoms with Gasteiger partial charge >= 0.3 is 0 Å². The molecule has 0 bridgehead atoms. The van der Waals surface area contributed by atoms with E-state index in [0.717, 1.165) is 5.69 Å². The van der Waals surface area contributed by atoms with Gasteiger partial charge in [-0.2, -0.15) is 9.29 Å². The average Bonchev–Trinajstić information content (AvgIpc) is 3.05. The Hall–Kier alpha value is -2.40. The minimum absolute atomic E-state index is 0.114. The number of carbonyl (C=O) groups is 1. The zero-order chi connectivity index (χ0) is 20.5. The third kappa shape index (κ3) is 4.53. The molecule has 1 aliphatic heterocycles. The number of hydrogen-bond acceptors (Lipinski definition) is 8. The van der Waals surface area contributed by atoms with E-state index in [1.54, 1.807) is 11.8 Å². The van der Waals surface area contributed by atoms with Crippen molar-refractivity contribution in [2.24, 2.45) is 0 Å². The first-order valence-electron chi connectivity index (χ1n) is 9.02. The minimum atomic E-state index is -3.44. The maximum absolute atomic E-state index is 12.4. The van der Waals surface area contributed by atoms with Crippen molar-refractivity contribution in [2.45, 2.75) is 39.2 Å². The molecule has 3 heterocycles. The molecule has 0 saturated carbocycles. The highest BCUT2D eigenvalue weighted by Gasteiger charge is 2.39. The molecule has 1 saturated heterocycles. The molecule has 2 aromatic heterocycles. The fourth-order valence-corrected chi connectivity index (χ4v) is 4.00. The molecule has 0 atom stereocenters. The summed E-state index contributed by atoms with van der Waals surface area (Å²) in [4.78, 5) is 26.4. The van der Waals surface area contributed by atoms with Crippen LogP contribution in [0.2, 0.25) is 0 Å². The lowest BCUT2D eigenvalue weighted by atomic mass is 10.1. The quantitative estimate of drug-likeness (QED) is 0.653. The zero-order valence-electron chi connectivity index (χ0n) is 16.4. The van der Waals surface area contributed by atoms with Crippen molar-refractivity contribution in [2.75, 3.05) is 25.9 Å². The number of aryl methyl sites for hydroxylation is 1. The Labute approximate surface area is 164 Å². The van der Waals surface area contributed by atoms with Crippen LogP contribution in [0.5, 0.6) is 0 Å². The molecular formula is C17H24N6O4S. The lowest BCUT2D eigenvalue weighted by molar-refractivity contribution is 0.0448. The predicted octanol–water partition coefficient (Wildman–Crippen LogP) is 0.620. The summed E-state index contributed by atoms with van der Waals surface area (Å²) in [6.45, 7) is 6.53. The monoisotopic (exact) mass is 408 g/mol. The van der Waals surface area contributed by atoms with Crippen LogP contribution in [0.15, 0.2) is 16.9 Å². The molecule has 2 aromatic rings. The number of aromatic nitrogens is 4. The largest absolute Gasteiger partial charge is 0.339 e. The van der Waals surface area contributed by atoms with Gasteiger partial charge in [-0.3, -0.25) is 9.78 Å². The van der Waals surface area contributed by atoms with E-state index in [4.69, 9.17) is 4.52 Å². The molecule has 0 N–H and O–H groups in total. The summed E-state index contributed by atoms with van der Waals surface area (Å²) in [7, 11) is -3.44. The van der Waals surface area contributed by atoms with Crippen molar-refractivity contribution >= 4 is 15.9 Å². The summed E-state index contributed by atoms with van der Waals surface area (Å²) in [6, 6.07) is -0.283. The minimum Gasteiger partial charge on any atom is -0.339 e. The van der Waals surface area contributed by atoms with Crippen LogP contribution in [0.4, 0.5) is 0 Å². The maximum Gasteiger partial charge on any atom is 0.274 e. The second-order valence-corrected chi connectivity index (χ2v) is 9.17. The summed E-state index contributed by atoms with van der Waals surface area (Å²) in [5.74, 6) is 0.861. The lowest BCUT2D eigenvalue weighted by Gasteiger charge is -2.43. The van der Waals surface area contributed by atoms with Crippen molar-refractivity contribution < 1.29 is 17.7 Å². The Morgan fingerprint density at radius 2 is 2.04 bits per heavy atom. The summed E-state index contributed by atoms with van der Waals surface area (Å²) in [5.41, 5.74) is 0.978. The first-order valence-corrected chi connectivity index (χ1v) is 10.9. The molecule has 1 fully saturated rings. The summed E-state index contributed by atoms with van der Waals surface area (Å²) in [6.07, 6.45) is 4.47. The molecule has 1 amide bonds. The van der Waals surface area contributed by atoms with Gasteiger partial charge in [-0.25, -0.2) is 13.4 Å². The third-order valence-electron chi connectivity index (χ3n) is 4.52. The highest BCUT2D eigenvalue weighted by Crippen LogP contribution is 2.20. The Morgan fingerprint density at radius 1 is 1.32 bits per heavy atom. The normalized spacial score (nSPS) is 15.3. The number of likely N-dealkylation sites (tertiary alicyclic amines) is 1. The van der Waals surface area contributed by atoms with E-state index in [0.29, 0.717) is 31.2 Å². The molecule has 11 heteroatoms. The molecule has 1 aliphatic rings. The van der Waals surface area contributed by atoms with Gasteiger partial charge in [0.15, 0.2) is 5.82 Å². The molecule has 0 radical (unpaired) electrons. The van der Waals surface area contributed by atoms with Crippen molar-refractivity contribution in [3.63, 3.8) is 0 Å². The van der Waals surface area contributed by atoms with Gasteiger partial charge in [-0.15, -0.1) is 0 Å². The SMILES string of the molecule is Cc1cnc(C(=O)N2CC(N(CCc3noc(C(C)C)n3)S(C)(=O)=O)C2)cn1. The van der Waals surface area contributed by atoms with Gasteiger partial charge in [0, 0.05) is 38.2 Å². The number of nitrogens with zero attached hydrogens (tertiary/aromatic N) is 6. The fraction of sp³-hybridized carbons (Fsp3) is 0.588. The fourth-order valence-electron chi connectivity index (χ4n) is 2.90. The van der Waals surface area contributed by atoms with Crippen molar-refractivity contribution in [3.8, 4) is 0 Å². The summed E-state index contributed by atoms with van der Waals surface area (Å²) >= 11 is 0. The highest BCUT2D eigenvalue weighted by atomic mass is 32.2. The molecule has 0 aromatic carbocycles. The van der Waals surface area contributed by atoms with Crippen LogP contribution < -0.4 is 0 Å². The number of sulfonamides is 1. The van der Waals surface area contributed by atoms with Crippen LogP contribution in [0, 0.1) is 6.92 Å². The summed E-state index contributed by atoms with van der Waals surface area (Å²) < 4.78 is 31.0. The smallest absolute Gasteiger partial charge is 0.274 e. The Morgan fingerprint density at radius 3 is 2.57 bits per heavy atom. The number of rotatable bonds is 7. The summed E-state index contributed by atoms with van der Waals surface area (Å²) in [5, 5.41) is 3.90. The van der Waals surface area contributed by atoms with Crippen LogP contribution in [0.25, 0.3) is 0 Å². The Bertz CT molecular complexity index is 935.